The second-order valence-corrected chi connectivity index (χ2v) is 5.71. The Kier molecular flexibility index (Phi) is 5.49. The minimum absolute atomic E-state index is 0.366. The standard InChI is InChI=1S/C20H22N2O6/c1-23-12-9-15(26-4)17-16(10-12)28-19(20(27-5)18(17)22-21)11-6-7-13(24-2)14(8-11)25-3/h6-10H,21H2,1-5H3/b22-18-. The summed E-state index contributed by atoms with van der Waals surface area (Å²) in [5.74, 6) is 8.71. The van der Waals surface area contributed by atoms with E-state index in [0.717, 1.165) is 0 Å². The van der Waals surface area contributed by atoms with E-state index >= 15 is 0 Å². The zero-order valence-corrected chi connectivity index (χ0v) is 16.4. The van der Waals surface area contributed by atoms with Crippen LogP contribution in [0.2, 0.25) is 0 Å². The Morgan fingerprint density at radius 1 is 0.786 bits per heavy atom. The third-order valence-corrected chi connectivity index (χ3v) is 4.34. The molecular weight excluding hydrogens is 364 g/mol. The first-order chi connectivity index (χ1) is 13.6. The van der Waals surface area contributed by atoms with Crippen molar-refractivity contribution < 1.29 is 28.1 Å². The Hall–Kier alpha value is -3.55. The van der Waals surface area contributed by atoms with Crippen LogP contribution in [0.3, 0.4) is 0 Å². The van der Waals surface area contributed by atoms with Crippen molar-refractivity contribution in [3.05, 3.63) is 35.7 Å². The van der Waals surface area contributed by atoms with E-state index in [4.69, 9.17) is 33.9 Å². The number of hydrogen-bond donors (Lipinski definition) is 1. The summed E-state index contributed by atoms with van der Waals surface area (Å²) in [6.45, 7) is 0. The summed E-state index contributed by atoms with van der Waals surface area (Å²) in [6, 6.07) is 8.84. The van der Waals surface area contributed by atoms with Crippen LogP contribution < -0.4 is 34.9 Å². The predicted molar refractivity (Wildman–Crippen MR) is 104 cm³/mol. The number of nitrogens with two attached hydrogens (primary N) is 1. The van der Waals surface area contributed by atoms with Gasteiger partial charge in [0.2, 0.25) is 0 Å². The average molecular weight is 386 g/mol. The van der Waals surface area contributed by atoms with E-state index in [-0.39, 0.29) is 0 Å². The van der Waals surface area contributed by atoms with E-state index in [2.05, 4.69) is 5.10 Å². The predicted octanol–water partition coefficient (Wildman–Crippen LogP) is 2.92. The first-order valence-corrected chi connectivity index (χ1v) is 8.34. The van der Waals surface area contributed by atoms with E-state index in [9.17, 15) is 0 Å². The third-order valence-electron chi connectivity index (χ3n) is 4.34. The quantitative estimate of drug-likeness (QED) is 0.514. The lowest BCUT2D eigenvalue weighted by Crippen LogP contribution is -2.13. The van der Waals surface area contributed by atoms with Crippen LogP contribution in [0.25, 0.3) is 22.3 Å². The zero-order chi connectivity index (χ0) is 20.3. The van der Waals surface area contributed by atoms with Gasteiger partial charge in [-0.2, -0.15) is 5.10 Å². The first-order valence-electron chi connectivity index (χ1n) is 8.34. The summed E-state index contributed by atoms with van der Waals surface area (Å²) in [5, 5.41) is 4.91. The Bertz CT molecular complexity index is 1070. The minimum Gasteiger partial charge on any atom is -0.496 e. The fraction of sp³-hybridized carbons (Fsp3) is 0.250. The molecule has 148 valence electrons. The van der Waals surface area contributed by atoms with Crippen molar-refractivity contribution in [1.29, 1.82) is 0 Å². The zero-order valence-electron chi connectivity index (χ0n) is 16.4. The van der Waals surface area contributed by atoms with Crippen molar-refractivity contribution in [1.82, 2.24) is 0 Å². The minimum atomic E-state index is 0.366. The van der Waals surface area contributed by atoms with Crippen molar-refractivity contribution >= 4 is 11.0 Å². The highest BCUT2D eigenvalue weighted by molar-refractivity contribution is 5.88. The van der Waals surface area contributed by atoms with Gasteiger partial charge in [-0.05, 0) is 18.2 Å². The van der Waals surface area contributed by atoms with Crippen molar-refractivity contribution in [2.75, 3.05) is 35.5 Å². The molecule has 0 spiro atoms. The van der Waals surface area contributed by atoms with Crippen LogP contribution in [0.4, 0.5) is 0 Å². The molecule has 28 heavy (non-hydrogen) atoms. The van der Waals surface area contributed by atoms with Crippen molar-refractivity contribution in [2.45, 2.75) is 0 Å². The highest BCUT2D eigenvalue weighted by Gasteiger charge is 2.20. The second kappa shape index (κ2) is 7.99. The van der Waals surface area contributed by atoms with E-state index in [1.165, 1.54) is 7.11 Å². The maximum Gasteiger partial charge on any atom is 0.190 e. The van der Waals surface area contributed by atoms with Crippen molar-refractivity contribution in [2.24, 2.45) is 10.9 Å². The summed E-state index contributed by atoms with van der Waals surface area (Å²) in [4.78, 5) is 0. The molecule has 0 saturated carbocycles. The van der Waals surface area contributed by atoms with Crippen LogP contribution in [0.5, 0.6) is 28.7 Å². The van der Waals surface area contributed by atoms with Gasteiger partial charge in [0, 0.05) is 17.7 Å². The van der Waals surface area contributed by atoms with E-state index in [0.29, 0.717) is 56.4 Å². The van der Waals surface area contributed by atoms with Crippen LogP contribution in [0.1, 0.15) is 0 Å². The molecule has 1 aromatic heterocycles. The van der Waals surface area contributed by atoms with Crippen LogP contribution in [-0.2, 0) is 0 Å². The summed E-state index contributed by atoms with van der Waals surface area (Å²) < 4.78 is 33.3. The molecule has 2 aromatic carbocycles. The Morgan fingerprint density at radius 3 is 2.07 bits per heavy atom. The van der Waals surface area contributed by atoms with Gasteiger partial charge >= 0.3 is 0 Å². The molecule has 0 bridgehead atoms. The van der Waals surface area contributed by atoms with Gasteiger partial charge in [0.15, 0.2) is 23.0 Å². The number of fused-ring (bicyclic) bond motifs is 1. The van der Waals surface area contributed by atoms with Gasteiger partial charge < -0.3 is 33.9 Å². The number of rotatable bonds is 6. The largest absolute Gasteiger partial charge is 0.496 e. The number of benzene rings is 2. The topological polar surface area (TPSA) is 97.7 Å². The molecule has 3 aromatic rings. The fourth-order valence-corrected chi connectivity index (χ4v) is 3.02. The maximum atomic E-state index is 6.17. The SMILES string of the molecule is COc1cc(OC)c2/c(=N/N)c(OC)c(-c3ccc(OC)c(OC)c3)oc2c1. The monoisotopic (exact) mass is 386 g/mol. The normalized spacial score (nSPS) is 11.4. The van der Waals surface area contributed by atoms with Crippen molar-refractivity contribution in [3.8, 4) is 40.1 Å². The molecule has 0 amide bonds. The van der Waals surface area contributed by atoms with E-state index in [1.807, 2.05) is 6.07 Å². The first kappa shape index (κ1) is 19.2. The third kappa shape index (κ3) is 3.13. The van der Waals surface area contributed by atoms with Gasteiger partial charge in [-0.25, -0.2) is 0 Å². The highest BCUT2D eigenvalue weighted by Crippen LogP contribution is 2.39. The van der Waals surface area contributed by atoms with Gasteiger partial charge in [-0.1, -0.05) is 0 Å². The second-order valence-electron chi connectivity index (χ2n) is 5.71. The maximum absolute atomic E-state index is 6.17. The lowest BCUT2D eigenvalue weighted by atomic mass is 10.1. The number of methoxy groups -OCH3 is 5. The van der Waals surface area contributed by atoms with Gasteiger partial charge in [0.1, 0.15) is 22.4 Å². The van der Waals surface area contributed by atoms with Gasteiger partial charge in [0.25, 0.3) is 0 Å². The smallest absolute Gasteiger partial charge is 0.190 e. The molecule has 0 radical (unpaired) electrons. The van der Waals surface area contributed by atoms with Crippen molar-refractivity contribution in [3.63, 3.8) is 0 Å². The highest BCUT2D eigenvalue weighted by atomic mass is 16.5. The molecule has 8 heteroatoms. The molecular formula is C20H22N2O6. The number of ether oxygens (including phenoxy) is 5. The molecule has 8 nitrogen and oxygen atoms in total. The van der Waals surface area contributed by atoms with Gasteiger partial charge in [0.05, 0.1) is 40.9 Å². The molecule has 0 aliphatic rings. The summed E-state index contributed by atoms with van der Waals surface area (Å²) in [6.07, 6.45) is 0. The molecule has 0 aliphatic heterocycles. The molecule has 2 N–H and O–H groups in total. The molecule has 3 rings (SSSR count). The Morgan fingerprint density at radius 2 is 1.50 bits per heavy atom. The van der Waals surface area contributed by atoms with Crippen LogP contribution in [0, 0.1) is 0 Å². The van der Waals surface area contributed by atoms with Gasteiger partial charge in [-0.3, -0.25) is 0 Å². The molecule has 0 aliphatic carbocycles. The van der Waals surface area contributed by atoms with Gasteiger partial charge in [-0.15, -0.1) is 0 Å². The number of hydrogen-bond acceptors (Lipinski definition) is 8. The fourth-order valence-electron chi connectivity index (χ4n) is 3.02. The van der Waals surface area contributed by atoms with Crippen LogP contribution in [-0.4, -0.2) is 35.5 Å². The lowest BCUT2D eigenvalue weighted by Gasteiger charge is -2.15. The summed E-state index contributed by atoms with van der Waals surface area (Å²) in [7, 11) is 7.76. The van der Waals surface area contributed by atoms with E-state index < -0.39 is 0 Å². The molecule has 0 saturated heterocycles. The van der Waals surface area contributed by atoms with Crippen LogP contribution >= 0.6 is 0 Å². The van der Waals surface area contributed by atoms with Crippen LogP contribution in [0.15, 0.2) is 39.9 Å². The van der Waals surface area contributed by atoms with E-state index in [1.54, 1.807) is 52.7 Å². The molecule has 1 heterocycles. The number of nitrogens with zero attached hydrogens (tertiary/aromatic N) is 1. The summed E-state index contributed by atoms with van der Waals surface area (Å²) in [5.41, 5.74) is 1.18. The summed E-state index contributed by atoms with van der Waals surface area (Å²) >= 11 is 0. The Labute approximate surface area is 162 Å². The lowest BCUT2D eigenvalue weighted by molar-refractivity contribution is 0.355. The molecule has 0 atom stereocenters. The average Bonchev–Trinajstić information content (AvgIpc) is 2.75. The molecule has 0 fully saturated rings. The Balaban J connectivity index is 2.41. The molecule has 0 unspecified atom stereocenters.